The molecule has 2 saturated heterocycles. The van der Waals surface area contributed by atoms with Crippen molar-refractivity contribution in [3.8, 4) is 11.5 Å². The highest BCUT2D eigenvalue weighted by atomic mass is 19.1. The number of aromatic nitrogens is 2. The van der Waals surface area contributed by atoms with E-state index in [2.05, 4.69) is 20.4 Å². The lowest BCUT2D eigenvalue weighted by molar-refractivity contribution is -0.123. The average Bonchev–Trinajstić information content (AvgIpc) is 3.40. The molecule has 2 fully saturated rings. The molecule has 1 atom stereocenters. The molecule has 2 aliphatic rings. The van der Waals surface area contributed by atoms with Crippen LogP contribution in [-0.4, -0.2) is 59.9 Å². The molecule has 0 radical (unpaired) electrons. The van der Waals surface area contributed by atoms with Crippen LogP contribution in [0.15, 0.2) is 28.7 Å². The van der Waals surface area contributed by atoms with Crippen LogP contribution in [0.3, 0.4) is 0 Å². The van der Waals surface area contributed by atoms with Crippen molar-refractivity contribution in [2.75, 3.05) is 32.8 Å². The Morgan fingerprint density at radius 3 is 2.68 bits per heavy atom. The maximum absolute atomic E-state index is 13.0. The van der Waals surface area contributed by atoms with E-state index in [-0.39, 0.29) is 23.7 Å². The van der Waals surface area contributed by atoms with Crippen LogP contribution in [0.1, 0.15) is 37.5 Å². The molecular weight excluding hydrogens is 363 g/mol. The minimum absolute atomic E-state index is 0.0466. The topological polar surface area (TPSA) is 80.5 Å². The highest BCUT2D eigenvalue weighted by Gasteiger charge is 2.26. The molecule has 150 valence electrons. The van der Waals surface area contributed by atoms with Crippen LogP contribution in [0.25, 0.3) is 11.5 Å². The van der Waals surface area contributed by atoms with Gasteiger partial charge >= 0.3 is 0 Å². The van der Waals surface area contributed by atoms with E-state index < -0.39 is 0 Å². The number of halogens is 1. The maximum atomic E-state index is 13.0. The van der Waals surface area contributed by atoms with Crippen LogP contribution >= 0.6 is 0 Å². The number of likely N-dealkylation sites (tertiary alicyclic amines) is 1. The van der Waals surface area contributed by atoms with E-state index >= 15 is 0 Å². The van der Waals surface area contributed by atoms with E-state index in [0.717, 1.165) is 45.4 Å². The summed E-state index contributed by atoms with van der Waals surface area (Å²) in [6, 6.07) is 6.01. The molecular formula is C20H25FN4O3. The van der Waals surface area contributed by atoms with Crippen LogP contribution in [0.5, 0.6) is 0 Å². The van der Waals surface area contributed by atoms with E-state index in [1.165, 1.54) is 12.1 Å². The fourth-order valence-corrected chi connectivity index (χ4v) is 3.74. The quantitative estimate of drug-likeness (QED) is 0.818. The predicted molar refractivity (Wildman–Crippen MR) is 100 cm³/mol. The summed E-state index contributed by atoms with van der Waals surface area (Å²) < 4.78 is 24.4. The molecule has 1 aromatic carbocycles. The Morgan fingerprint density at radius 1 is 1.18 bits per heavy atom. The summed E-state index contributed by atoms with van der Waals surface area (Å²) in [5.41, 5.74) is 0.709. The van der Waals surface area contributed by atoms with Gasteiger partial charge in [0.15, 0.2) is 0 Å². The molecule has 1 amide bonds. The molecule has 2 aromatic rings. The summed E-state index contributed by atoms with van der Waals surface area (Å²) in [5.74, 6) is 0.960. The first-order valence-electron chi connectivity index (χ1n) is 9.87. The van der Waals surface area contributed by atoms with Crippen LogP contribution in [0.4, 0.5) is 4.39 Å². The van der Waals surface area contributed by atoms with Crippen LogP contribution < -0.4 is 5.32 Å². The van der Waals surface area contributed by atoms with Crippen LogP contribution in [-0.2, 0) is 9.53 Å². The summed E-state index contributed by atoms with van der Waals surface area (Å²) in [6.45, 7) is 3.43. The molecule has 0 unspecified atom stereocenters. The minimum Gasteiger partial charge on any atom is -0.420 e. The third kappa shape index (κ3) is 4.74. The zero-order valence-electron chi connectivity index (χ0n) is 15.8. The second kappa shape index (κ2) is 8.79. The number of carbonyl (C=O) groups is 1. The number of benzene rings is 1. The average molecular weight is 388 g/mol. The second-order valence-corrected chi connectivity index (χ2v) is 7.44. The monoisotopic (exact) mass is 388 g/mol. The van der Waals surface area contributed by atoms with Gasteiger partial charge in [0.25, 0.3) is 0 Å². The highest BCUT2D eigenvalue weighted by Crippen LogP contribution is 2.29. The largest absolute Gasteiger partial charge is 0.420 e. The van der Waals surface area contributed by atoms with Crippen molar-refractivity contribution in [1.82, 2.24) is 20.4 Å². The van der Waals surface area contributed by atoms with E-state index in [1.54, 1.807) is 12.1 Å². The Labute approximate surface area is 163 Å². The van der Waals surface area contributed by atoms with Gasteiger partial charge in [0.1, 0.15) is 5.82 Å². The smallest absolute Gasteiger partial charge is 0.247 e. The lowest BCUT2D eigenvalue weighted by Crippen LogP contribution is -2.43. The Kier molecular flexibility index (Phi) is 5.97. The number of rotatable bonds is 6. The second-order valence-electron chi connectivity index (χ2n) is 7.44. The molecule has 4 rings (SSSR count). The summed E-state index contributed by atoms with van der Waals surface area (Å²) in [7, 11) is 0. The van der Waals surface area contributed by atoms with Gasteiger partial charge in [-0.05, 0) is 63.0 Å². The van der Waals surface area contributed by atoms with Crippen molar-refractivity contribution in [3.63, 3.8) is 0 Å². The molecule has 3 heterocycles. The molecule has 1 aromatic heterocycles. The van der Waals surface area contributed by atoms with Crippen LogP contribution in [0, 0.1) is 5.82 Å². The zero-order chi connectivity index (χ0) is 19.3. The first-order chi connectivity index (χ1) is 13.7. The lowest BCUT2D eigenvalue weighted by Gasteiger charge is -2.29. The van der Waals surface area contributed by atoms with Gasteiger partial charge in [-0.1, -0.05) is 0 Å². The Bertz CT molecular complexity index is 781. The molecule has 8 heteroatoms. The number of carbonyl (C=O) groups excluding carboxylic acids is 1. The minimum atomic E-state index is -0.296. The van der Waals surface area contributed by atoms with Gasteiger partial charge in [-0.25, -0.2) is 4.39 Å². The Hall–Kier alpha value is -2.32. The normalized spacial score (nSPS) is 21.1. The van der Waals surface area contributed by atoms with Gasteiger partial charge in [-0.2, -0.15) is 0 Å². The SMILES string of the molecule is O=C(CN1CCC(c2nnc(-c3ccc(F)cc3)o2)CC1)NC[C@@H]1CCCO1. The summed E-state index contributed by atoms with van der Waals surface area (Å²) in [4.78, 5) is 14.3. The van der Waals surface area contributed by atoms with Gasteiger partial charge in [0, 0.05) is 24.6 Å². The van der Waals surface area contributed by atoms with Gasteiger partial charge in [-0.15, -0.1) is 10.2 Å². The maximum Gasteiger partial charge on any atom is 0.247 e. The molecule has 0 bridgehead atoms. The van der Waals surface area contributed by atoms with E-state index in [4.69, 9.17) is 9.15 Å². The molecule has 28 heavy (non-hydrogen) atoms. The zero-order valence-corrected chi connectivity index (χ0v) is 15.8. The van der Waals surface area contributed by atoms with Crippen molar-refractivity contribution in [3.05, 3.63) is 36.0 Å². The molecule has 0 saturated carbocycles. The lowest BCUT2D eigenvalue weighted by atomic mass is 9.97. The number of hydrogen-bond acceptors (Lipinski definition) is 6. The fourth-order valence-electron chi connectivity index (χ4n) is 3.74. The van der Waals surface area contributed by atoms with Crippen LogP contribution in [0.2, 0.25) is 0 Å². The van der Waals surface area contributed by atoms with Gasteiger partial charge < -0.3 is 14.5 Å². The number of ether oxygens (including phenoxy) is 1. The molecule has 1 N–H and O–H groups in total. The summed E-state index contributed by atoms with van der Waals surface area (Å²) in [6.07, 6.45) is 4.00. The van der Waals surface area contributed by atoms with Crippen molar-refractivity contribution < 1.29 is 18.3 Å². The Balaban J connectivity index is 1.24. The number of amides is 1. The summed E-state index contributed by atoms with van der Waals surface area (Å²) in [5, 5.41) is 11.2. The standard InChI is InChI=1S/C20H25FN4O3/c21-16-5-3-14(4-6-16)19-23-24-20(28-19)15-7-9-25(10-8-15)13-18(26)22-12-17-2-1-11-27-17/h3-6,15,17H,1-2,7-13H2,(H,22,26)/t17-/m0/s1. The highest BCUT2D eigenvalue weighted by molar-refractivity contribution is 5.78. The third-order valence-electron chi connectivity index (χ3n) is 5.39. The number of nitrogens with one attached hydrogen (secondary N) is 1. The predicted octanol–water partition coefficient (Wildman–Crippen LogP) is 2.35. The van der Waals surface area contributed by atoms with Crippen molar-refractivity contribution >= 4 is 5.91 Å². The van der Waals surface area contributed by atoms with E-state index in [0.29, 0.717) is 30.4 Å². The number of piperidine rings is 1. The van der Waals surface area contributed by atoms with Crippen molar-refractivity contribution in [1.29, 1.82) is 0 Å². The van der Waals surface area contributed by atoms with Crippen molar-refractivity contribution in [2.24, 2.45) is 0 Å². The molecule has 2 aliphatic heterocycles. The number of nitrogens with zero attached hydrogens (tertiary/aromatic N) is 3. The summed E-state index contributed by atoms with van der Waals surface area (Å²) >= 11 is 0. The van der Waals surface area contributed by atoms with Crippen molar-refractivity contribution in [2.45, 2.75) is 37.7 Å². The molecule has 7 nitrogen and oxygen atoms in total. The van der Waals surface area contributed by atoms with E-state index in [9.17, 15) is 9.18 Å². The molecule has 0 spiro atoms. The first-order valence-corrected chi connectivity index (χ1v) is 9.87. The fraction of sp³-hybridized carbons (Fsp3) is 0.550. The van der Waals surface area contributed by atoms with Gasteiger partial charge in [-0.3, -0.25) is 9.69 Å². The van der Waals surface area contributed by atoms with Gasteiger partial charge in [0.05, 0.1) is 12.6 Å². The third-order valence-corrected chi connectivity index (χ3v) is 5.39. The molecule has 0 aliphatic carbocycles. The Morgan fingerprint density at radius 2 is 1.96 bits per heavy atom. The van der Waals surface area contributed by atoms with Gasteiger partial charge in [0.2, 0.25) is 17.7 Å². The number of hydrogen-bond donors (Lipinski definition) is 1. The van der Waals surface area contributed by atoms with E-state index in [1.807, 2.05) is 0 Å². The first kappa shape index (κ1) is 19.0.